The second kappa shape index (κ2) is 5.43. The Bertz CT molecular complexity index is 548. The maximum atomic E-state index is 10.5. The predicted octanol–water partition coefficient (Wildman–Crippen LogP) is 3.71. The number of aliphatic hydroxyl groups is 1. The molecule has 18 heavy (non-hydrogen) atoms. The first kappa shape index (κ1) is 13.6. The Balaban J connectivity index is 2.47. The number of aliphatic hydroxyl groups excluding tert-OH is 1. The molecule has 96 valence electrons. The van der Waals surface area contributed by atoms with Crippen molar-refractivity contribution in [1.82, 2.24) is 9.78 Å². The van der Waals surface area contributed by atoms with Crippen LogP contribution in [0.25, 0.3) is 0 Å². The van der Waals surface area contributed by atoms with E-state index in [4.69, 9.17) is 11.6 Å². The first-order valence-electron chi connectivity index (χ1n) is 5.69. The molecule has 0 amide bonds. The van der Waals surface area contributed by atoms with Crippen molar-refractivity contribution >= 4 is 27.5 Å². The Hall–Kier alpha value is -0.840. The van der Waals surface area contributed by atoms with Gasteiger partial charge in [0.15, 0.2) is 0 Å². The Kier molecular flexibility index (Phi) is 4.10. The van der Waals surface area contributed by atoms with Crippen molar-refractivity contribution in [2.75, 3.05) is 0 Å². The lowest BCUT2D eigenvalue weighted by Gasteiger charge is -2.14. The SMILES string of the molecule is CCn1ncc(Br)c1C(O)c1cc(C)cc(Cl)c1. The standard InChI is InChI=1S/C13H14BrClN2O/c1-3-17-12(11(14)7-16-17)13(18)9-4-8(2)5-10(15)6-9/h4-7,13,18H,3H2,1-2H3. The van der Waals surface area contributed by atoms with E-state index in [1.54, 1.807) is 16.9 Å². The highest BCUT2D eigenvalue weighted by Crippen LogP contribution is 2.30. The quantitative estimate of drug-likeness (QED) is 0.932. The summed E-state index contributed by atoms with van der Waals surface area (Å²) in [6.07, 6.45) is 0.957. The molecular weight excluding hydrogens is 316 g/mol. The summed E-state index contributed by atoms with van der Waals surface area (Å²) in [4.78, 5) is 0. The molecule has 1 N–H and O–H groups in total. The minimum Gasteiger partial charge on any atom is -0.382 e. The van der Waals surface area contributed by atoms with Crippen molar-refractivity contribution in [1.29, 1.82) is 0 Å². The molecule has 0 bridgehead atoms. The van der Waals surface area contributed by atoms with Crippen LogP contribution in [0.4, 0.5) is 0 Å². The van der Waals surface area contributed by atoms with Gasteiger partial charge in [-0.1, -0.05) is 17.7 Å². The Labute approximate surface area is 120 Å². The highest BCUT2D eigenvalue weighted by Gasteiger charge is 2.19. The largest absolute Gasteiger partial charge is 0.382 e. The van der Waals surface area contributed by atoms with Gasteiger partial charge in [-0.15, -0.1) is 0 Å². The summed E-state index contributed by atoms with van der Waals surface area (Å²) in [6.45, 7) is 4.64. The zero-order valence-corrected chi connectivity index (χ0v) is 12.5. The summed E-state index contributed by atoms with van der Waals surface area (Å²) >= 11 is 9.44. The molecule has 0 spiro atoms. The fourth-order valence-corrected chi connectivity index (χ4v) is 2.79. The van der Waals surface area contributed by atoms with Crippen LogP contribution in [-0.2, 0) is 6.54 Å². The first-order chi connectivity index (χ1) is 8.52. The van der Waals surface area contributed by atoms with Gasteiger partial charge in [-0.05, 0) is 53.0 Å². The number of hydrogen-bond acceptors (Lipinski definition) is 2. The van der Waals surface area contributed by atoms with E-state index in [2.05, 4.69) is 21.0 Å². The molecule has 1 unspecified atom stereocenters. The average molecular weight is 330 g/mol. The van der Waals surface area contributed by atoms with E-state index in [1.807, 2.05) is 26.0 Å². The van der Waals surface area contributed by atoms with E-state index < -0.39 is 6.10 Å². The van der Waals surface area contributed by atoms with Crippen LogP contribution in [0.2, 0.25) is 5.02 Å². The second-order valence-corrected chi connectivity index (χ2v) is 5.45. The van der Waals surface area contributed by atoms with E-state index in [0.29, 0.717) is 11.6 Å². The molecule has 0 aliphatic heterocycles. The minimum absolute atomic E-state index is 0.628. The minimum atomic E-state index is -0.737. The van der Waals surface area contributed by atoms with Crippen LogP contribution in [0, 0.1) is 6.92 Å². The van der Waals surface area contributed by atoms with Crippen molar-refractivity contribution in [3.63, 3.8) is 0 Å². The van der Waals surface area contributed by atoms with E-state index in [-0.39, 0.29) is 0 Å². The number of halogens is 2. The number of rotatable bonds is 3. The summed E-state index contributed by atoms with van der Waals surface area (Å²) in [7, 11) is 0. The fraction of sp³-hybridized carbons (Fsp3) is 0.308. The molecule has 0 aliphatic rings. The van der Waals surface area contributed by atoms with Crippen LogP contribution in [0.1, 0.15) is 29.8 Å². The van der Waals surface area contributed by atoms with E-state index in [1.165, 1.54) is 0 Å². The number of hydrogen-bond donors (Lipinski definition) is 1. The highest BCUT2D eigenvalue weighted by molar-refractivity contribution is 9.10. The Morgan fingerprint density at radius 2 is 2.17 bits per heavy atom. The number of aromatic nitrogens is 2. The van der Waals surface area contributed by atoms with E-state index >= 15 is 0 Å². The van der Waals surface area contributed by atoms with Crippen LogP contribution in [0.3, 0.4) is 0 Å². The number of aryl methyl sites for hydroxylation is 2. The lowest BCUT2D eigenvalue weighted by molar-refractivity contribution is 0.207. The topological polar surface area (TPSA) is 38.0 Å². The molecule has 0 radical (unpaired) electrons. The third-order valence-electron chi connectivity index (χ3n) is 2.77. The van der Waals surface area contributed by atoms with Crippen LogP contribution < -0.4 is 0 Å². The molecule has 2 rings (SSSR count). The number of benzene rings is 1. The van der Waals surface area contributed by atoms with Gasteiger partial charge in [0.2, 0.25) is 0 Å². The smallest absolute Gasteiger partial charge is 0.122 e. The van der Waals surface area contributed by atoms with Crippen LogP contribution in [-0.4, -0.2) is 14.9 Å². The zero-order valence-electron chi connectivity index (χ0n) is 10.2. The molecule has 5 heteroatoms. The molecule has 0 saturated heterocycles. The van der Waals surface area contributed by atoms with E-state index in [9.17, 15) is 5.11 Å². The van der Waals surface area contributed by atoms with Crippen LogP contribution >= 0.6 is 27.5 Å². The second-order valence-electron chi connectivity index (χ2n) is 4.16. The third kappa shape index (κ3) is 2.60. The Morgan fingerprint density at radius 3 is 2.78 bits per heavy atom. The van der Waals surface area contributed by atoms with Crippen molar-refractivity contribution < 1.29 is 5.11 Å². The molecule has 0 aliphatic carbocycles. The lowest BCUT2D eigenvalue weighted by atomic mass is 10.0. The van der Waals surface area contributed by atoms with Gasteiger partial charge in [0.25, 0.3) is 0 Å². The maximum Gasteiger partial charge on any atom is 0.122 e. The summed E-state index contributed by atoms with van der Waals surface area (Å²) in [5.74, 6) is 0. The summed E-state index contributed by atoms with van der Waals surface area (Å²) in [6, 6.07) is 5.57. The van der Waals surface area contributed by atoms with Crippen molar-refractivity contribution in [2.45, 2.75) is 26.5 Å². The van der Waals surface area contributed by atoms with Gasteiger partial charge in [0.1, 0.15) is 6.10 Å². The fourth-order valence-electron chi connectivity index (χ4n) is 1.98. The molecule has 1 heterocycles. The van der Waals surface area contributed by atoms with Gasteiger partial charge in [0.05, 0.1) is 16.4 Å². The highest BCUT2D eigenvalue weighted by atomic mass is 79.9. The van der Waals surface area contributed by atoms with Crippen molar-refractivity contribution in [3.8, 4) is 0 Å². The molecule has 1 aromatic carbocycles. The molecule has 1 atom stereocenters. The maximum absolute atomic E-state index is 10.5. The molecule has 2 aromatic rings. The van der Waals surface area contributed by atoms with Crippen molar-refractivity contribution in [3.05, 3.63) is 50.7 Å². The summed E-state index contributed by atoms with van der Waals surface area (Å²) in [5, 5.41) is 15.3. The van der Waals surface area contributed by atoms with Gasteiger partial charge in [0, 0.05) is 11.6 Å². The van der Waals surface area contributed by atoms with Gasteiger partial charge in [-0.3, -0.25) is 4.68 Å². The summed E-state index contributed by atoms with van der Waals surface area (Å²) < 4.78 is 2.57. The lowest BCUT2D eigenvalue weighted by Crippen LogP contribution is -2.09. The van der Waals surface area contributed by atoms with Crippen LogP contribution in [0.5, 0.6) is 0 Å². The van der Waals surface area contributed by atoms with Crippen molar-refractivity contribution in [2.24, 2.45) is 0 Å². The first-order valence-corrected chi connectivity index (χ1v) is 6.86. The van der Waals surface area contributed by atoms with Gasteiger partial charge in [-0.2, -0.15) is 5.10 Å². The molecule has 1 aromatic heterocycles. The molecule has 0 saturated carbocycles. The Morgan fingerprint density at radius 1 is 1.44 bits per heavy atom. The monoisotopic (exact) mass is 328 g/mol. The summed E-state index contributed by atoms with van der Waals surface area (Å²) in [5.41, 5.74) is 2.55. The average Bonchev–Trinajstić information content (AvgIpc) is 2.68. The third-order valence-corrected chi connectivity index (χ3v) is 3.60. The molecular formula is C13H14BrClN2O. The zero-order chi connectivity index (χ0) is 13.3. The van der Waals surface area contributed by atoms with Gasteiger partial charge in [-0.25, -0.2) is 0 Å². The van der Waals surface area contributed by atoms with Gasteiger partial charge >= 0.3 is 0 Å². The number of nitrogens with zero attached hydrogens (tertiary/aromatic N) is 2. The van der Waals surface area contributed by atoms with Crippen LogP contribution in [0.15, 0.2) is 28.9 Å². The molecule has 3 nitrogen and oxygen atoms in total. The molecule has 0 fully saturated rings. The predicted molar refractivity (Wildman–Crippen MR) is 75.9 cm³/mol. The normalized spacial score (nSPS) is 12.7. The van der Waals surface area contributed by atoms with Gasteiger partial charge < -0.3 is 5.11 Å². The van der Waals surface area contributed by atoms with E-state index in [0.717, 1.165) is 21.3 Å².